The van der Waals surface area contributed by atoms with Crippen LogP contribution in [0.4, 0.5) is 10.5 Å². The number of para-hydroxylation sites is 1. The van der Waals surface area contributed by atoms with E-state index in [0.29, 0.717) is 30.0 Å². The third-order valence-corrected chi connectivity index (χ3v) is 8.21. The predicted octanol–water partition coefficient (Wildman–Crippen LogP) is 4.58. The number of benzene rings is 2. The van der Waals surface area contributed by atoms with E-state index in [9.17, 15) is 19.2 Å². The van der Waals surface area contributed by atoms with Gasteiger partial charge in [0.15, 0.2) is 5.78 Å². The number of carbonyl (C=O) groups excluding carboxylic acids is 4. The van der Waals surface area contributed by atoms with Crippen LogP contribution in [0.2, 0.25) is 0 Å². The Labute approximate surface area is 237 Å². The second kappa shape index (κ2) is 12.0. The van der Waals surface area contributed by atoms with Gasteiger partial charge in [0.05, 0.1) is 17.5 Å². The van der Waals surface area contributed by atoms with Gasteiger partial charge in [-0.2, -0.15) is 0 Å². The first-order valence-corrected chi connectivity index (χ1v) is 14.2. The van der Waals surface area contributed by atoms with Gasteiger partial charge in [0, 0.05) is 17.1 Å². The normalized spacial score (nSPS) is 19.4. The number of amides is 3. The second-order valence-electron chi connectivity index (χ2n) is 10.4. The minimum absolute atomic E-state index is 0.0972. The average Bonchev–Trinajstić information content (AvgIpc) is 3.67. The average molecular weight is 561 g/mol. The fourth-order valence-corrected chi connectivity index (χ4v) is 6.20. The van der Waals surface area contributed by atoms with Crippen molar-refractivity contribution in [2.75, 3.05) is 18.4 Å². The van der Waals surface area contributed by atoms with Gasteiger partial charge in [-0.1, -0.05) is 62.4 Å². The molecule has 2 fully saturated rings. The lowest BCUT2D eigenvalue weighted by Gasteiger charge is -2.28. The molecular weight excluding hydrogens is 528 g/mol. The number of fused-ring (bicyclic) bond motifs is 1. The van der Waals surface area contributed by atoms with E-state index < -0.39 is 24.2 Å². The van der Waals surface area contributed by atoms with Crippen molar-refractivity contribution >= 4 is 40.7 Å². The smallest absolute Gasteiger partial charge is 0.350 e. The number of carbonyl (C=O) groups is 4. The molecule has 0 spiro atoms. The first-order valence-electron chi connectivity index (χ1n) is 13.4. The lowest BCUT2D eigenvalue weighted by Crippen LogP contribution is -2.52. The molecule has 3 unspecified atom stereocenters. The van der Waals surface area contributed by atoms with Crippen LogP contribution in [0.1, 0.15) is 36.4 Å². The lowest BCUT2D eigenvalue weighted by molar-refractivity contribution is -0.138. The molecule has 0 bridgehead atoms. The Balaban J connectivity index is 1.25. The van der Waals surface area contributed by atoms with Crippen molar-refractivity contribution in [1.29, 1.82) is 0 Å². The molecule has 2 aromatic carbocycles. The molecule has 0 saturated carbocycles. The molecule has 3 amide bonds. The molecule has 3 atom stereocenters. The summed E-state index contributed by atoms with van der Waals surface area (Å²) in [5, 5.41) is 6.94. The van der Waals surface area contributed by atoms with Crippen LogP contribution in [0, 0.1) is 5.92 Å². The lowest BCUT2D eigenvalue weighted by atomic mass is 10.0. The van der Waals surface area contributed by atoms with Gasteiger partial charge in [-0.15, -0.1) is 16.4 Å². The van der Waals surface area contributed by atoms with Gasteiger partial charge >= 0.3 is 6.09 Å². The summed E-state index contributed by atoms with van der Waals surface area (Å²) in [6.07, 6.45) is 0.220. The molecule has 10 heteroatoms. The van der Waals surface area contributed by atoms with Gasteiger partial charge in [0.1, 0.15) is 12.1 Å². The van der Waals surface area contributed by atoms with E-state index in [1.807, 2.05) is 56.3 Å². The maximum atomic E-state index is 13.8. The molecule has 40 heavy (non-hydrogen) atoms. The maximum absolute atomic E-state index is 13.8. The molecule has 208 valence electrons. The Kier molecular flexibility index (Phi) is 8.27. The first-order chi connectivity index (χ1) is 19.3. The summed E-state index contributed by atoms with van der Waals surface area (Å²) >= 11 is 1.37. The molecule has 9 nitrogen and oxygen atoms in total. The Hall–Kier alpha value is -4.02. The van der Waals surface area contributed by atoms with E-state index in [0.717, 1.165) is 10.4 Å². The Morgan fingerprint density at radius 2 is 1.70 bits per heavy atom. The number of rotatable bonds is 8. The number of nitrogens with zero attached hydrogens (tertiary/aromatic N) is 2. The molecule has 2 N–H and O–H groups in total. The number of likely N-dealkylation sites (tertiary alicyclic amines) is 1. The molecule has 2 aliphatic rings. The quantitative estimate of drug-likeness (QED) is 0.418. The Morgan fingerprint density at radius 3 is 2.40 bits per heavy atom. The number of nitrogens with one attached hydrogen (secondary N) is 2. The van der Waals surface area contributed by atoms with Crippen LogP contribution in [0.25, 0.3) is 10.4 Å². The summed E-state index contributed by atoms with van der Waals surface area (Å²) in [7, 11) is 0. The van der Waals surface area contributed by atoms with Crippen molar-refractivity contribution in [1.82, 2.24) is 15.3 Å². The van der Waals surface area contributed by atoms with Gasteiger partial charge in [-0.3, -0.25) is 19.7 Å². The van der Waals surface area contributed by atoms with Gasteiger partial charge in [-0.05, 0) is 48.6 Å². The zero-order valence-corrected chi connectivity index (χ0v) is 23.2. The Bertz CT molecular complexity index is 1380. The van der Waals surface area contributed by atoms with Crippen LogP contribution in [0.3, 0.4) is 0 Å². The van der Waals surface area contributed by atoms with Gasteiger partial charge in [-0.25, -0.2) is 4.79 Å². The van der Waals surface area contributed by atoms with Crippen molar-refractivity contribution in [3.05, 3.63) is 77.7 Å². The summed E-state index contributed by atoms with van der Waals surface area (Å²) in [5.41, 5.74) is 1.60. The summed E-state index contributed by atoms with van der Waals surface area (Å²) in [5.74, 6) is -0.666. The third kappa shape index (κ3) is 6.08. The predicted molar refractivity (Wildman–Crippen MR) is 153 cm³/mol. The zero-order valence-electron chi connectivity index (χ0n) is 22.4. The number of thiophene rings is 1. The maximum Gasteiger partial charge on any atom is 0.430 e. The molecule has 3 aromatic rings. The summed E-state index contributed by atoms with van der Waals surface area (Å²) in [4.78, 5) is 60.9. The minimum atomic E-state index is -0.780. The van der Waals surface area contributed by atoms with Gasteiger partial charge in [0.2, 0.25) is 5.91 Å². The number of hydroxylamine groups is 2. The van der Waals surface area contributed by atoms with Crippen molar-refractivity contribution in [3.63, 3.8) is 0 Å². The van der Waals surface area contributed by atoms with Crippen LogP contribution in [0.5, 0.6) is 0 Å². The summed E-state index contributed by atoms with van der Waals surface area (Å²) in [6.45, 7) is 4.21. The molecule has 2 saturated heterocycles. The molecule has 2 aliphatic heterocycles. The highest BCUT2D eigenvalue weighted by atomic mass is 32.1. The zero-order chi connectivity index (χ0) is 28.2. The molecule has 0 aliphatic carbocycles. The van der Waals surface area contributed by atoms with E-state index >= 15 is 0 Å². The topological polar surface area (TPSA) is 108 Å². The fraction of sp³-hybridized carbons (Fsp3) is 0.333. The SMILES string of the molecule is CC(C)CC(NC(=O)c1ccc(-c2ccccc2)s1)C(=O)N1CCC2C1C(=O)CN2OC(=O)Nc1ccccc1. The van der Waals surface area contributed by atoms with Crippen LogP contribution in [0.15, 0.2) is 72.8 Å². The highest BCUT2D eigenvalue weighted by Crippen LogP contribution is 2.32. The van der Waals surface area contributed by atoms with Crippen molar-refractivity contribution in [2.45, 2.75) is 44.8 Å². The monoisotopic (exact) mass is 560 g/mol. The van der Waals surface area contributed by atoms with E-state index in [1.165, 1.54) is 16.4 Å². The summed E-state index contributed by atoms with van der Waals surface area (Å²) in [6, 6.07) is 20.4. The van der Waals surface area contributed by atoms with E-state index in [2.05, 4.69) is 10.6 Å². The van der Waals surface area contributed by atoms with Crippen LogP contribution < -0.4 is 10.6 Å². The number of anilines is 1. The second-order valence-corrected chi connectivity index (χ2v) is 11.5. The summed E-state index contributed by atoms with van der Waals surface area (Å²) < 4.78 is 0. The molecular formula is C30H32N4O5S. The Morgan fingerprint density at radius 1 is 1.00 bits per heavy atom. The highest BCUT2D eigenvalue weighted by Gasteiger charge is 2.52. The number of Topliss-reactive ketones (excluding diaryl/α,β-unsaturated/α-hetero) is 1. The van der Waals surface area contributed by atoms with Gasteiger partial charge in [0.25, 0.3) is 5.91 Å². The van der Waals surface area contributed by atoms with Crippen molar-refractivity contribution in [3.8, 4) is 10.4 Å². The largest absolute Gasteiger partial charge is 0.430 e. The van der Waals surface area contributed by atoms with E-state index in [4.69, 9.17) is 4.84 Å². The molecule has 5 rings (SSSR count). The highest BCUT2D eigenvalue weighted by molar-refractivity contribution is 7.17. The van der Waals surface area contributed by atoms with Crippen LogP contribution in [-0.4, -0.2) is 64.9 Å². The molecule has 3 heterocycles. The van der Waals surface area contributed by atoms with Crippen LogP contribution >= 0.6 is 11.3 Å². The standard InChI is InChI=1S/C30H32N4O5S/c1-19(2)17-22(32-28(36)26-14-13-25(40-26)20-9-5-3-6-10-20)29(37)33-16-15-23-27(33)24(35)18-34(23)39-30(38)31-21-11-7-4-8-12-21/h3-14,19,22-23,27H,15-18H2,1-2H3,(H,31,38)(H,32,36). The number of hydrogen-bond donors (Lipinski definition) is 2. The van der Waals surface area contributed by atoms with Crippen molar-refractivity contribution < 1.29 is 24.0 Å². The van der Waals surface area contributed by atoms with Crippen LogP contribution in [-0.2, 0) is 14.4 Å². The van der Waals surface area contributed by atoms with E-state index in [1.54, 1.807) is 35.2 Å². The fourth-order valence-electron chi connectivity index (χ4n) is 5.29. The van der Waals surface area contributed by atoms with Gasteiger partial charge < -0.3 is 15.1 Å². The van der Waals surface area contributed by atoms with E-state index in [-0.39, 0.29) is 30.1 Å². The molecule has 1 aromatic heterocycles. The third-order valence-electron chi connectivity index (χ3n) is 7.08. The molecule has 0 radical (unpaired) electrons. The van der Waals surface area contributed by atoms with Crippen molar-refractivity contribution in [2.24, 2.45) is 5.92 Å². The first kappa shape index (κ1) is 27.5. The number of ketones is 1. The minimum Gasteiger partial charge on any atom is -0.350 e. The number of hydrogen-bond acceptors (Lipinski definition) is 7.